The van der Waals surface area contributed by atoms with Gasteiger partial charge in [-0.3, -0.25) is 0 Å². The molecule has 0 aliphatic carbocycles. The molecule has 0 rings (SSSR count). The molecule has 0 atom stereocenters. The van der Waals surface area contributed by atoms with Crippen molar-refractivity contribution in [2.75, 3.05) is 0 Å². The van der Waals surface area contributed by atoms with E-state index < -0.39 is 9.05 Å². The van der Waals surface area contributed by atoms with Crippen molar-refractivity contribution < 1.29 is 51.9 Å². The number of hydrogen-bond donors (Lipinski definition) is 4. The van der Waals surface area contributed by atoms with Crippen molar-refractivity contribution in [1.82, 2.24) is 0 Å². The predicted molar refractivity (Wildman–Crippen MR) is 21.8 cm³/mol. The van der Waals surface area contributed by atoms with Crippen molar-refractivity contribution >= 4 is 38.6 Å². The maximum absolute atomic E-state index is 7.33. The fraction of sp³-hybridized carbons (Fsp3) is 0. The third-order valence-electron chi connectivity index (χ3n) is 0. The Kier molecular flexibility index (Phi) is 14.4. The van der Waals surface area contributed by atoms with Crippen molar-refractivity contribution in [2.24, 2.45) is 0 Å². The topological polar surface area (TPSA) is 80.9 Å². The molecule has 37 valence electrons. The monoisotopic (exact) mass is 209 g/mol. The van der Waals surface area contributed by atoms with Crippen LogP contribution in [-0.2, 0) is 32.7 Å². The van der Waals surface area contributed by atoms with Crippen LogP contribution in [-0.4, -0.2) is 57.8 Å². The van der Waals surface area contributed by atoms with Gasteiger partial charge in [0.2, 0.25) is 0 Å². The summed E-state index contributed by atoms with van der Waals surface area (Å²) in [4.78, 5) is 29.3. The van der Waals surface area contributed by atoms with E-state index in [0.29, 0.717) is 0 Å². The van der Waals surface area contributed by atoms with Gasteiger partial charge in [0.1, 0.15) is 0 Å². The third kappa shape index (κ3) is 66.3. The third-order valence-corrected chi connectivity index (χ3v) is 0. The molecule has 0 aliphatic heterocycles. The van der Waals surface area contributed by atoms with Gasteiger partial charge in [0.25, 0.3) is 0 Å². The summed E-state index contributed by atoms with van der Waals surface area (Å²) in [6, 6.07) is 0. The molecular weight excluding hydrogens is 204 g/mol. The van der Waals surface area contributed by atoms with Gasteiger partial charge in [0.05, 0.1) is 0 Å². The molecule has 0 aliphatic rings. The first-order valence-corrected chi connectivity index (χ1v) is 2.68. The van der Waals surface area contributed by atoms with Crippen molar-refractivity contribution in [1.29, 1.82) is 0 Å². The second-order valence-electron chi connectivity index (χ2n) is 0.600. The van der Waals surface area contributed by atoms with Crippen LogP contribution in [0.2, 0.25) is 0 Å². The second-order valence-corrected chi connectivity index (χ2v) is 1.80. The Morgan fingerprint density at radius 1 is 0.857 bits per heavy atom. The summed E-state index contributed by atoms with van der Waals surface area (Å²) in [7, 11) is -4.61. The fourth-order valence-corrected chi connectivity index (χ4v) is 0. The Morgan fingerprint density at radius 2 is 0.857 bits per heavy atom. The second kappa shape index (κ2) is 6.28. The average molecular weight is 209 g/mol. The predicted octanol–water partition coefficient (Wildman–Crippen LogP) is -3.26. The molecule has 0 saturated carbocycles. The minimum atomic E-state index is -4.61. The van der Waals surface area contributed by atoms with Gasteiger partial charge in [-0.25, -0.2) is 0 Å². The average Bonchev–Trinajstić information content (AvgIpc) is 0.722. The molecule has 0 aromatic heterocycles. The van der Waals surface area contributed by atoms with Gasteiger partial charge in [-0.2, -0.15) is 0 Å². The van der Waals surface area contributed by atoms with E-state index in [1.54, 1.807) is 0 Å². The first kappa shape index (κ1) is 16.1. The van der Waals surface area contributed by atoms with Gasteiger partial charge in [-0.05, 0) is 0 Å². The van der Waals surface area contributed by atoms with Crippen LogP contribution in [0.1, 0.15) is 0 Å². The van der Waals surface area contributed by atoms with Crippen molar-refractivity contribution in [3.63, 3.8) is 0 Å². The molecule has 0 unspecified atom stereocenters. The molecule has 0 aromatic rings. The Morgan fingerprint density at radius 3 is 0.857 bits per heavy atom. The molecule has 0 fully saturated rings. The Balaban J connectivity index is -0.0000000800. The summed E-state index contributed by atoms with van der Waals surface area (Å²) in [6.45, 7) is 0. The SMILES string of the molecule is O[Si](O)(O)O.[NaH].[Y]. The van der Waals surface area contributed by atoms with Gasteiger partial charge in [0.15, 0.2) is 0 Å². The van der Waals surface area contributed by atoms with Crippen LogP contribution in [0.4, 0.5) is 0 Å². The van der Waals surface area contributed by atoms with E-state index >= 15 is 0 Å². The smallest absolute Gasteiger partial charge is 0 e. The van der Waals surface area contributed by atoms with Crippen molar-refractivity contribution in [2.45, 2.75) is 0 Å². The van der Waals surface area contributed by atoms with E-state index in [1.165, 1.54) is 0 Å². The van der Waals surface area contributed by atoms with Crippen LogP contribution in [0.25, 0.3) is 0 Å². The van der Waals surface area contributed by atoms with Crippen LogP contribution >= 0.6 is 0 Å². The zero-order valence-electron chi connectivity index (χ0n) is 2.87. The molecule has 0 aromatic carbocycles. The molecule has 0 bridgehead atoms. The van der Waals surface area contributed by atoms with Crippen LogP contribution in [0.15, 0.2) is 0 Å². The molecule has 0 heterocycles. The molecule has 1 radical (unpaired) electrons. The molecule has 0 saturated heterocycles. The molecule has 7 heavy (non-hydrogen) atoms. The molecule has 0 spiro atoms. The molecule has 0 amide bonds. The van der Waals surface area contributed by atoms with Crippen LogP contribution < -0.4 is 0 Å². The van der Waals surface area contributed by atoms with E-state index in [-0.39, 0.29) is 62.3 Å². The van der Waals surface area contributed by atoms with Crippen molar-refractivity contribution in [3.05, 3.63) is 0 Å². The van der Waals surface area contributed by atoms with E-state index in [0.717, 1.165) is 0 Å². The maximum atomic E-state index is 7.33. The minimum absolute atomic E-state index is 0. The van der Waals surface area contributed by atoms with Gasteiger partial charge in [0, 0.05) is 32.7 Å². The summed E-state index contributed by atoms with van der Waals surface area (Å²) < 4.78 is 0. The minimum Gasteiger partial charge on any atom is 0 e. The normalized spacial score (nSPS) is 8.57. The van der Waals surface area contributed by atoms with Crippen LogP contribution in [0.3, 0.4) is 0 Å². The first-order chi connectivity index (χ1) is 2.00. The van der Waals surface area contributed by atoms with Crippen LogP contribution in [0.5, 0.6) is 0 Å². The number of hydrogen-bond acceptors (Lipinski definition) is 4. The van der Waals surface area contributed by atoms with E-state index in [1.807, 2.05) is 0 Å². The van der Waals surface area contributed by atoms with Gasteiger partial charge < -0.3 is 19.2 Å². The summed E-state index contributed by atoms with van der Waals surface area (Å²) in [5.74, 6) is 0. The molecular formula is H5NaO4SiY. The summed E-state index contributed by atoms with van der Waals surface area (Å²) in [6.07, 6.45) is 0. The summed E-state index contributed by atoms with van der Waals surface area (Å²) in [5, 5.41) is 0. The van der Waals surface area contributed by atoms with Gasteiger partial charge in [-0.1, -0.05) is 0 Å². The zero-order valence-corrected chi connectivity index (χ0v) is 6.70. The quantitative estimate of drug-likeness (QED) is 0.316. The molecule has 7 heteroatoms. The largest absolute Gasteiger partial charge is 0 e. The van der Waals surface area contributed by atoms with E-state index in [4.69, 9.17) is 19.2 Å². The van der Waals surface area contributed by atoms with Gasteiger partial charge >= 0.3 is 38.6 Å². The summed E-state index contributed by atoms with van der Waals surface area (Å²) in [5.41, 5.74) is 0. The standard InChI is InChI=1S/Na.H4O4Si.Y.H/c;1-5(2,3)4;;/h;1-4H;;. The zero-order chi connectivity index (χ0) is 4.50. The maximum Gasteiger partial charge on any atom is 0 e. The first-order valence-electron chi connectivity index (χ1n) is 0.894. The number of rotatable bonds is 0. The Hall–Kier alpha value is 2.16. The molecule has 4 N–H and O–H groups in total. The van der Waals surface area contributed by atoms with E-state index in [2.05, 4.69) is 0 Å². The van der Waals surface area contributed by atoms with Crippen LogP contribution in [0, 0.1) is 0 Å². The fourth-order valence-electron chi connectivity index (χ4n) is 0. The Bertz CT molecular complexity index is 27.2. The van der Waals surface area contributed by atoms with Crippen molar-refractivity contribution in [3.8, 4) is 0 Å². The molecule has 4 nitrogen and oxygen atoms in total. The Labute approximate surface area is 89.2 Å². The van der Waals surface area contributed by atoms with E-state index in [9.17, 15) is 0 Å². The van der Waals surface area contributed by atoms with Gasteiger partial charge in [-0.15, -0.1) is 0 Å². The summed E-state index contributed by atoms with van der Waals surface area (Å²) >= 11 is 0.